The second kappa shape index (κ2) is 7.27. The van der Waals surface area contributed by atoms with Gasteiger partial charge in [-0.05, 0) is 36.4 Å². The van der Waals surface area contributed by atoms with E-state index in [1.54, 1.807) is 0 Å². The van der Waals surface area contributed by atoms with Crippen LogP contribution in [-0.4, -0.2) is 26.3 Å². The third kappa shape index (κ3) is 3.73. The van der Waals surface area contributed by atoms with Crippen molar-refractivity contribution in [3.05, 3.63) is 64.4 Å². The Morgan fingerprint density at radius 2 is 1.79 bits per heavy atom. The summed E-state index contributed by atoms with van der Waals surface area (Å²) in [6.45, 7) is 0. The molecule has 2 aromatic carbocycles. The Hall–Kier alpha value is -1.99. The number of Topliss-reactive ketones (excluding diaryl/α,β-unsaturated/α-hetero) is 1. The zero-order chi connectivity index (χ0) is 17.1. The van der Waals surface area contributed by atoms with Gasteiger partial charge in [0.05, 0.1) is 5.75 Å². The number of halogens is 2. The molecule has 0 amide bonds. The molecule has 1 aromatic heterocycles. The topological polar surface area (TPSA) is 47.8 Å². The highest BCUT2D eigenvalue weighted by atomic mass is 79.9. The highest BCUT2D eigenvalue weighted by Gasteiger charge is 2.13. The first-order valence-corrected chi connectivity index (χ1v) is 8.89. The molecule has 0 spiro atoms. The molecular weight excluding hydrogens is 393 g/mol. The molecule has 0 saturated carbocycles. The lowest BCUT2D eigenvalue weighted by Gasteiger charge is -2.04. The van der Waals surface area contributed by atoms with Gasteiger partial charge in [-0.1, -0.05) is 39.8 Å². The van der Waals surface area contributed by atoms with Crippen LogP contribution in [0.25, 0.3) is 11.4 Å². The summed E-state index contributed by atoms with van der Waals surface area (Å²) in [5.41, 5.74) is 1.43. The Bertz CT molecular complexity index is 863. The minimum atomic E-state index is -0.355. The zero-order valence-corrected chi connectivity index (χ0v) is 15.1. The predicted octanol–water partition coefficient (Wildman–Crippen LogP) is 4.36. The molecule has 122 valence electrons. The van der Waals surface area contributed by atoms with Crippen LogP contribution in [0.4, 0.5) is 4.39 Å². The van der Waals surface area contributed by atoms with E-state index in [1.807, 2.05) is 35.9 Å². The molecule has 1 heterocycles. The van der Waals surface area contributed by atoms with Crippen LogP contribution in [0.2, 0.25) is 0 Å². The molecule has 0 N–H and O–H groups in total. The standard InChI is InChI=1S/C17H13BrFN3OS/c1-22-16(12-2-6-13(18)7-3-12)20-21-17(22)24-10-15(23)11-4-8-14(19)9-5-11/h2-9H,10H2,1H3. The van der Waals surface area contributed by atoms with E-state index >= 15 is 0 Å². The van der Waals surface area contributed by atoms with Gasteiger partial charge in [-0.3, -0.25) is 4.79 Å². The molecule has 0 atom stereocenters. The Morgan fingerprint density at radius 1 is 1.12 bits per heavy atom. The molecule has 3 rings (SSSR count). The number of aromatic nitrogens is 3. The molecule has 0 radical (unpaired) electrons. The quantitative estimate of drug-likeness (QED) is 0.467. The molecule has 24 heavy (non-hydrogen) atoms. The maximum absolute atomic E-state index is 12.9. The number of thioether (sulfide) groups is 1. The summed E-state index contributed by atoms with van der Waals surface area (Å²) < 4.78 is 15.7. The molecule has 4 nitrogen and oxygen atoms in total. The first-order valence-electron chi connectivity index (χ1n) is 7.11. The van der Waals surface area contributed by atoms with Crippen molar-refractivity contribution in [2.45, 2.75) is 5.16 Å². The van der Waals surface area contributed by atoms with Crippen molar-refractivity contribution in [3.63, 3.8) is 0 Å². The summed E-state index contributed by atoms with van der Waals surface area (Å²) in [7, 11) is 1.86. The fraction of sp³-hybridized carbons (Fsp3) is 0.118. The summed E-state index contributed by atoms with van der Waals surface area (Å²) in [6, 6.07) is 13.3. The van der Waals surface area contributed by atoms with Crippen LogP contribution < -0.4 is 0 Å². The largest absolute Gasteiger partial charge is 0.305 e. The summed E-state index contributed by atoms with van der Waals surface area (Å²) in [4.78, 5) is 12.1. The van der Waals surface area contributed by atoms with E-state index in [0.717, 1.165) is 15.9 Å². The average molecular weight is 406 g/mol. The van der Waals surface area contributed by atoms with E-state index < -0.39 is 0 Å². The Balaban J connectivity index is 1.71. The average Bonchev–Trinajstić information content (AvgIpc) is 2.95. The monoisotopic (exact) mass is 405 g/mol. The summed E-state index contributed by atoms with van der Waals surface area (Å²) in [6.07, 6.45) is 0. The molecule has 0 fully saturated rings. The van der Waals surface area contributed by atoms with Crippen molar-refractivity contribution < 1.29 is 9.18 Å². The number of ketones is 1. The van der Waals surface area contributed by atoms with E-state index in [4.69, 9.17) is 0 Å². The van der Waals surface area contributed by atoms with Crippen LogP contribution in [0, 0.1) is 5.82 Å². The van der Waals surface area contributed by atoms with Gasteiger partial charge in [0.25, 0.3) is 0 Å². The molecule has 7 heteroatoms. The van der Waals surface area contributed by atoms with Crippen molar-refractivity contribution in [1.29, 1.82) is 0 Å². The van der Waals surface area contributed by atoms with Crippen LogP contribution >= 0.6 is 27.7 Å². The maximum Gasteiger partial charge on any atom is 0.191 e. The normalized spacial score (nSPS) is 10.8. The number of carbonyl (C=O) groups excluding carboxylic acids is 1. The van der Waals surface area contributed by atoms with Gasteiger partial charge in [0.1, 0.15) is 5.82 Å². The number of nitrogens with zero attached hydrogens (tertiary/aromatic N) is 3. The van der Waals surface area contributed by atoms with Crippen LogP contribution in [0.3, 0.4) is 0 Å². The van der Waals surface area contributed by atoms with Gasteiger partial charge in [-0.25, -0.2) is 4.39 Å². The third-order valence-electron chi connectivity index (χ3n) is 3.44. The number of hydrogen-bond acceptors (Lipinski definition) is 4. The van der Waals surface area contributed by atoms with Crippen LogP contribution in [0.5, 0.6) is 0 Å². The minimum Gasteiger partial charge on any atom is -0.305 e. The zero-order valence-electron chi connectivity index (χ0n) is 12.7. The second-order valence-electron chi connectivity index (χ2n) is 5.09. The van der Waals surface area contributed by atoms with E-state index in [9.17, 15) is 9.18 Å². The predicted molar refractivity (Wildman–Crippen MR) is 95.6 cm³/mol. The van der Waals surface area contributed by atoms with Gasteiger partial charge in [-0.2, -0.15) is 0 Å². The molecule has 0 aliphatic carbocycles. The van der Waals surface area contributed by atoms with Crippen LogP contribution in [0.1, 0.15) is 10.4 Å². The van der Waals surface area contributed by atoms with Crippen molar-refractivity contribution in [1.82, 2.24) is 14.8 Å². The van der Waals surface area contributed by atoms with Gasteiger partial charge >= 0.3 is 0 Å². The maximum atomic E-state index is 12.9. The number of hydrogen-bond donors (Lipinski definition) is 0. The van der Waals surface area contributed by atoms with Crippen molar-refractivity contribution >= 4 is 33.5 Å². The van der Waals surface area contributed by atoms with Crippen LogP contribution in [0.15, 0.2) is 58.2 Å². The summed E-state index contributed by atoms with van der Waals surface area (Å²) >= 11 is 4.71. The minimum absolute atomic E-state index is 0.0757. The molecule has 0 bridgehead atoms. The third-order valence-corrected chi connectivity index (χ3v) is 4.98. The second-order valence-corrected chi connectivity index (χ2v) is 6.95. The smallest absolute Gasteiger partial charge is 0.191 e. The summed E-state index contributed by atoms with van der Waals surface area (Å²) in [5.74, 6) is 0.525. The lowest BCUT2D eigenvalue weighted by atomic mass is 10.1. The molecule has 0 saturated heterocycles. The number of carbonyl (C=O) groups is 1. The Morgan fingerprint density at radius 3 is 2.46 bits per heavy atom. The van der Waals surface area contributed by atoms with Gasteiger partial charge in [0.2, 0.25) is 0 Å². The number of rotatable bonds is 5. The van der Waals surface area contributed by atoms with Gasteiger partial charge in [0.15, 0.2) is 16.8 Å². The molecule has 0 unspecified atom stereocenters. The van der Waals surface area contributed by atoms with Crippen LogP contribution in [-0.2, 0) is 7.05 Å². The SMILES string of the molecule is Cn1c(SCC(=O)c2ccc(F)cc2)nnc1-c1ccc(Br)cc1. The fourth-order valence-electron chi connectivity index (χ4n) is 2.14. The Labute approximate surface area is 151 Å². The number of benzene rings is 2. The van der Waals surface area contributed by atoms with Gasteiger partial charge < -0.3 is 4.57 Å². The van der Waals surface area contributed by atoms with E-state index in [2.05, 4.69) is 26.1 Å². The molecular formula is C17H13BrFN3OS. The molecule has 0 aliphatic rings. The fourth-order valence-corrected chi connectivity index (χ4v) is 3.21. The van der Waals surface area contributed by atoms with E-state index in [0.29, 0.717) is 10.7 Å². The van der Waals surface area contributed by atoms with E-state index in [-0.39, 0.29) is 17.4 Å². The van der Waals surface area contributed by atoms with E-state index in [1.165, 1.54) is 36.0 Å². The van der Waals surface area contributed by atoms with Crippen molar-refractivity contribution in [3.8, 4) is 11.4 Å². The van der Waals surface area contributed by atoms with Gasteiger partial charge in [0, 0.05) is 22.6 Å². The molecule has 0 aliphatic heterocycles. The first kappa shape index (κ1) is 16.9. The highest BCUT2D eigenvalue weighted by Crippen LogP contribution is 2.24. The Kier molecular flexibility index (Phi) is 5.11. The van der Waals surface area contributed by atoms with Crippen molar-refractivity contribution in [2.24, 2.45) is 7.05 Å². The lowest BCUT2D eigenvalue weighted by molar-refractivity contribution is 0.102. The lowest BCUT2D eigenvalue weighted by Crippen LogP contribution is -2.04. The first-order chi connectivity index (χ1) is 11.5. The van der Waals surface area contributed by atoms with Gasteiger partial charge in [-0.15, -0.1) is 10.2 Å². The van der Waals surface area contributed by atoms with Crippen molar-refractivity contribution in [2.75, 3.05) is 5.75 Å². The summed E-state index contributed by atoms with van der Waals surface area (Å²) in [5, 5.41) is 9.00. The molecule has 3 aromatic rings. The highest BCUT2D eigenvalue weighted by molar-refractivity contribution is 9.10.